The van der Waals surface area contributed by atoms with E-state index >= 15 is 0 Å². The van der Waals surface area contributed by atoms with Crippen LogP contribution in [0.15, 0.2) is 46.9 Å². The van der Waals surface area contributed by atoms with Crippen LogP contribution in [0.4, 0.5) is 0 Å². The normalized spacial score (nSPS) is 10.3. The molecule has 0 fully saturated rings. The first-order chi connectivity index (χ1) is 8.58. The van der Waals surface area contributed by atoms with Gasteiger partial charge in [0.05, 0.1) is 5.56 Å². The molecule has 0 radical (unpaired) electrons. The SMILES string of the molecule is O=C(O)c1cccc(Br)c1Cc1ccc(Cl)cc1. The first kappa shape index (κ1) is 13.1. The van der Waals surface area contributed by atoms with Crippen molar-refractivity contribution in [2.24, 2.45) is 0 Å². The number of hydrogen-bond donors (Lipinski definition) is 1. The minimum Gasteiger partial charge on any atom is -0.478 e. The van der Waals surface area contributed by atoms with Gasteiger partial charge in [-0.3, -0.25) is 0 Å². The smallest absolute Gasteiger partial charge is 0.336 e. The second kappa shape index (κ2) is 5.55. The Morgan fingerprint density at radius 1 is 1.17 bits per heavy atom. The predicted octanol–water partition coefficient (Wildman–Crippen LogP) is 4.39. The van der Waals surface area contributed by atoms with Gasteiger partial charge in [-0.2, -0.15) is 0 Å². The van der Waals surface area contributed by atoms with Crippen LogP contribution >= 0.6 is 27.5 Å². The molecule has 4 heteroatoms. The lowest BCUT2D eigenvalue weighted by atomic mass is 10.00. The van der Waals surface area contributed by atoms with E-state index < -0.39 is 5.97 Å². The van der Waals surface area contributed by atoms with Crippen molar-refractivity contribution in [2.75, 3.05) is 0 Å². The van der Waals surface area contributed by atoms with Crippen LogP contribution in [0.25, 0.3) is 0 Å². The van der Waals surface area contributed by atoms with Crippen molar-refractivity contribution >= 4 is 33.5 Å². The number of carbonyl (C=O) groups is 1. The Bertz CT molecular complexity index is 579. The number of hydrogen-bond acceptors (Lipinski definition) is 1. The maximum Gasteiger partial charge on any atom is 0.336 e. The molecule has 0 heterocycles. The molecule has 0 aliphatic heterocycles. The molecule has 2 aromatic rings. The van der Waals surface area contributed by atoms with E-state index in [1.807, 2.05) is 18.2 Å². The highest BCUT2D eigenvalue weighted by atomic mass is 79.9. The molecule has 0 aromatic heterocycles. The Morgan fingerprint density at radius 2 is 1.83 bits per heavy atom. The molecular weight excluding hydrogens is 316 g/mol. The molecule has 2 rings (SSSR count). The monoisotopic (exact) mass is 324 g/mol. The van der Waals surface area contributed by atoms with Crippen molar-refractivity contribution in [2.45, 2.75) is 6.42 Å². The van der Waals surface area contributed by atoms with Crippen LogP contribution in [0.1, 0.15) is 21.5 Å². The molecule has 0 saturated carbocycles. The van der Waals surface area contributed by atoms with Gasteiger partial charge in [-0.15, -0.1) is 0 Å². The zero-order valence-electron chi connectivity index (χ0n) is 9.36. The summed E-state index contributed by atoms with van der Waals surface area (Å²) in [4.78, 5) is 11.2. The van der Waals surface area contributed by atoms with E-state index in [4.69, 9.17) is 11.6 Å². The molecule has 92 valence electrons. The van der Waals surface area contributed by atoms with Gasteiger partial charge in [-0.05, 0) is 41.8 Å². The summed E-state index contributed by atoms with van der Waals surface area (Å²) < 4.78 is 0.803. The fraction of sp³-hybridized carbons (Fsp3) is 0.0714. The molecule has 2 nitrogen and oxygen atoms in total. The number of benzene rings is 2. The summed E-state index contributed by atoms with van der Waals surface area (Å²) in [6.07, 6.45) is 0.556. The minimum atomic E-state index is -0.916. The number of halogens is 2. The number of carboxylic acids is 1. The van der Waals surface area contributed by atoms with Gasteiger partial charge in [-0.1, -0.05) is 45.7 Å². The third-order valence-corrected chi connectivity index (χ3v) is 3.64. The van der Waals surface area contributed by atoms with E-state index in [0.717, 1.165) is 15.6 Å². The highest BCUT2D eigenvalue weighted by Crippen LogP contribution is 2.24. The molecule has 0 bridgehead atoms. The Labute approximate surface area is 118 Å². The molecule has 0 spiro atoms. The fourth-order valence-corrected chi connectivity index (χ4v) is 2.38. The van der Waals surface area contributed by atoms with Gasteiger partial charge >= 0.3 is 5.97 Å². The van der Waals surface area contributed by atoms with E-state index in [1.165, 1.54) is 0 Å². The summed E-state index contributed by atoms with van der Waals surface area (Å²) in [5.41, 5.74) is 2.11. The van der Waals surface area contributed by atoms with Gasteiger partial charge in [0.15, 0.2) is 0 Å². The van der Waals surface area contributed by atoms with E-state index in [-0.39, 0.29) is 0 Å². The minimum absolute atomic E-state index is 0.319. The lowest BCUT2D eigenvalue weighted by Gasteiger charge is -2.08. The van der Waals surface area contributed by atoms with Crippen molar-refractivity contribution < 1.29 is 9.90 Å². The standard InChI is InChI=1S/C14H10BrClO2/c15-13-3-1-2-11(14(17)18)12(13)8-9-4-6-10(16)7-5-9/h1-7H,8H2,(H,17,18). The van der Waals surface area contributed by atoms with Gasteiger partial charge in [-0.25, -0.2) is 4.79 Å². The third kappa shape index (κ3) is 2.92. The lowest BCUT2D eigenvalue weighted by Crippen LogP contribution is -2.03. The van der Waals surface area contributed by atoms with Gasteiger partial charge in [0, 0.05) is 9.50 Å². The van der Waals surface area contributed by atoms with Crippen LogP contribution in [-0.4, -0.2) is 11.1 Å². The summed E-state index contributed by atoms with van der Waals surface area (Å²) in [7, 11) is 0. The molecule has 0 atom stereocenters. The second-order valence-corrected chi connectivity index (χ2v) is 5.17. The Kier molecular flexibility index (Phi) is 4.04. The van der Waals surface area contributed by atoms with Crippen molar-refractivity contribution in [3.63, 3.8) is 0 Å². The van der Waals surface area contributed by atoms with Crippen LogP contribution < -0.4 is 0 Å². The number of aromatic carboxylic acids is 1. The van der Waals surface area contributed by atoms with Crippen LogP contribution in [0.3, 0.4) is 0 Å². The average molecular weight is 326 g/mol. The van der Waals surface area contributed by atoms with Crippen LogP contribution in [0, 0.1) is 0 Å². The quantitative estimate of drug-likeness (QED) is 0.908. The second-order valence-electron chi connectivity index (χ2n) is 3.87. The first-order valence-corrected chi connectivity index (χ1v) is 6.50. The summed E-state index contributed by atoms with van der Waals surface area (Å²) in [5.74, 6) is -0.916. The summed E-state index contributed by atoms with van der Waals surface area (Å²) >= 11 is 9.22. The number of rotatable bonds is 3. The molecule has 2 aromatic carbocycles. The Hall–Kier alpha value is -1.32. The summed E-state index contributed by atoms with van der Waals surface area (Å²) in [6.45, 7) is 0. The third-order valence-electron chi connectivity index (χ3n) is 2.64. The fourth-order valence-electron chi connectivity index (χ4n) is 1.75. The molecule has 0 unspecified atom stereocenters. The maximum atomic E-state index is 11.2. The molecule has 1 N–H and O–H groups in total. The Morgan fingerprint density at radius 3 is 2.44 bits per heavy atom. The van der Waals surface area contributed by atoms with Crippen molar-refractivity contribution in [3.05, 3.63) is 68.7 Å². The molecular formula is C14H10BrClO2. The highest BCUT2D eigenvalue weighted by Gasteiger charge is 2.12. The zero-order chi connectivity index (χ0) is 13.1. The van der Waals surface area contributed by atoms with E-state index in [2.05, 4.69) is 15.9 Å². The van der Waals surface area contributed by atoms with Crippen molar-refractivity contribution in [3.8, 4) is 0 Å². The van der Waals surface area contributed by atoms with Crippen molar-refractivity contribution in [1.82, 2.24) is 0 Å². The topological polar surface area (TPSA) is 37.3 Å². The molecule has 18 heavy (non-hydrogen) atoms. The van der Waals surface area contributed by atoms with E-state index in [1.54, 1.807) is 24.3 Å². The van der Waals surface area contributed by atoms with E-state index in [9.17, 15) is 9.90 Å². The molecule has 0 saturated heterocycles. The lowest BCUT2D eigenvalue weighted by molar-refractivity contribution is 0.0696. The maximum absolute atomic E-state index is 11.2. The van der Waals surface area contributed by atoms with Gasteiger partial charge < -0.3 is 5.11 Å². The van der Waals surface area contributed by atoms with E-state index in [0.29, 0.717) is 17.0 Å². The van der Waals surface area contributed by atoms with Crippen LogP contribution in [-0.2, 0) is 6.42 Å². The van der Waals surface area contributed by atoms with Gasteiger partial charge in [0.25, 0.3) is 0 Å². The van der Waals surface area contributed by atoms with Gasteiger partial charge in [0.2, 0.25) is 0 Å². The average Bonchev–Trinajstić information content (AvgIpc) is 2.34. The largest absolute Gasteiger partial charge is 0.478 e. The van der Waals surface area contributed by atoms with Crippen LogP contribution in [0.5, 0.6) is 0 Å². The summed E-state index contributed by atoms with van der Waals surface area (Å²) in [6, 6.07) is 12.6. The first-order valence-electron chi connectivity index (χ1n) is 5.33. The molecule has 0 amide bonds. The predicted molar refractivity (Wildman–Crippen MR) is 75.4 cm³/mol. The Balaban J connectivity index is 2.39. The highest BCUT2D eigenvalue weighted by molar-refractivity contribution is 9.10. The summed E-state index contributed by atoms with van der Waals surface area (Å²) in [5, 5.41) is 9.84. The molecule has 0 aliphatic carbocycles. The van der Waals surface area contributed by atoms with Crippen LogP contribution in [0.2, 0.25) is 5.02 Å². The zero-order valence-corrected chi connectivity index (χ0v) is 11.7. The molecule has 0 aliphatic rings. The van der Waals surface area contributed by atoms with Gasteiger partial charge in [0.1, 0.15) is 0 Å². The number of carboxylic acid groups (broad SMARTS) is 1. The van der Waals surface area contributed by atoms with Crippen molar-refractivity contribution in [1.29, 1.82) is 0 Å².